The van der Waals surface area contributed by atoms with E-state index in [1.165, 1.54) is 32.1 Å². The first kappa shape index (κ1) is 15.1. The van der Waals surface area contributed by atoms with Crippen LogP contribution in [0.3, 0.4) is 0 Å². The van der Waals surface area contributed by atoms with Crippen molar-refractivity contribution in [3.05, 3.63) is 29.1 Å². The van der Waals surface area contributed by atoms with Crippen LogP contribution in [0.25, 0.3) is 0 Å². The van der Waals surface area contributed by atoms with Gasteiger partial charge in [0.1, 0.15) is 5.82 Å². The van der Waals surface area contributed by atoms with Crippen LogP contribution in [0.2, 0.25) is 0 Å². The molecule has 1 aromatic rings. The van der Waals surface area contributed by atoms with E-state index in [0.717, 1.165) is 30.0 Å². The van der Waals surface area contributed by atoms with Gasteiger partial charge in [0.15, 0.2) is 0 Å². The number of fused-ring (bicyclic) bond motifs is 1. The molecule has 0 bridgehead atoms. The Kier molecular flexibility index (Phi) is 4.10. The number of hydrogen-bond donors (Lipinski definition) is 2. The van der Waals surface area contributed by atoms with Gasteiger partial charge in [-0.2, -0.15) is 0 Å². The number of rotatable bonds is 3. The molecule has 0 saturated heterocycles. The van der Waals surface area contributed by atoms with E-state index in [-0.39, 0.29) is 17.6 Å². The van der Waals surface area contributed by atoms with Crippen molar-refractivity contribution in [1.82, 2.24) is 5.32 Å². The Morgan fingerprint density at radius 1 is 1.22 bits per heavy atom. The second-order valence-electron chi connectivity index (χ2n) is 7.38. The second kappa shape index (κ2) is 6.23. The Bertz CT molecular complexity index is 610. The van der Waals surface area contributed by atoms with Crippen molar-refractivity contribution in [2.75, 3.05) is 11.9 Å². The third-order valence-corrected chi connectivity index (χ3v) is 5.90. The van der Waals surface area contributed by atoms with Crippen LogP contribution >= 0.6 is 0 Å². The standard InChI is InChI=1S/C19H25FN2O/c20-18-14-8-9-21-11-13(14)6-7-17(18)22-19(23)16-10-15(16)12-4-2-1-3-5-12/h6-7,12,15-16,21H,1-5,8-11H2,(H,22,23). The summed E-state index contributed by atoms with van der Waals surface area (Å²) in [5.41, 5.74) is 2.14. The van der Waals surface area contributed by atoms with E-state index in [1.807, 2.05) is 6.07 Å². The molecular formula is C19H25FN2O. The molecule has 2 atom stereocenters. The second-order valence-corrected chi connectivity index (χ2v) is 7.38. The fourth-order valence-electron chi connectivity index (χ4n) is 4.45. The van der Waals surface area contributed by atoms with Crippen molar-refractivity contribution in [2.24, 2.45) is 17.8 Å². The average molecular weight is 316 g/mol. The molecule has 0 spiro atoms. The zero-order valence-corrected chi connectivity index (χ0v) is 13.5. The van der Waals surface area contributed by atoms with Gasteiger partial charge in [0.25, 0.3) is 0 Å². The molecule has 124 valence electrons. The molecule has 0 aromatic heterocycles. The van der Waals surface area contributed by atoms with Crippen molar-refractivity contribution in [3.63, 3.8) is 0 Å². The predicted octanol–water partition coefficient (Wildman–Crippen LogP) is 3.63. The zero-order valence-electron chi connectivity index (χ0n) is 13.5. The Hall–Kier alpha value is -1.42. The summed E-state index contributed by atoms with van der Waals surface area (Å²) < 4.78 is 14.6. The molecule has 23 heavy (non-hydrogen) atoms. The van der Waals surface area contributed by atoms with Gasteiger partial charge in [-0.1, -0.05) is 38.2 Å². The summed E-state index contributed by atoms with van der Waals surface area (Å²) in [4.78, 5) is 12.5. The lowest BCUT2D eigenvalue weighted by Gasteiger charge is -2.22. The minimum Gasteiger partial charge on any atom is -0.323 e. The fourth-order valence-corrected chi connectivity index (χ4v) is 4.45. The highest BCUT2D eigenvalue weighted by Crippen LogP contribution is 2.49. The maximum absolute atomic E-state index is 14.6. The summed E-state index contributed by atoms with van der Waals surface area (Å²) in [7, 11) is 0. The smallest absolute Gasteiger partial charge is 0.227 e. The fraction of sp³-hybridized carbons (Fsp3) is 0.632. The molecule has 4 rings (SSSR count). The van der Waals surface area contributed by atoms with E-state index >= 15 is 0 Å². The number of benzene rings is 1. The number of halogens is 1. The minimum absolute atomic E-state index is 0.0216. The molecule has 3 aliphatic rings. The lowest BCUT2D eigenvalue weighted by atomic mass is 9.85. The molecule has 1 aromatic carbocycles. The summed E-state index contributed by atoms with van der Waals surface area (Å²) in [6, 6.07) is 3.66. The van der Waals surface area contributed by atoms with Crippen molar-refractivity contribution in [2.45, 2.75) is 51.5 Å². The molecule has 2 N–H and O–H groups in total. The van der Waals surface area contributed by atoms with Crippen molar-refractivity contribution >= 4 is 11.6 Å². The topological polar surface area (TPSA) is 41.1 Å². The Morgan fingerprint density at radius 2 is 2.04 bits per heavy atom. The van der Waals surface area contributed by atoms with Crippen molar-refractivity contribution in [1.29, 1.82) is 0 Å². The highest BCUT2D eigenvalue weighted by molar-refractivity contribution is 5.94. The third-order valence-electron chi connectivity index (χ3n) is 5.90. The molecule has 3 nitrogen and oxygen atoms in total. The van der Waals surface area contributed by atoms with Gasteiger partial charge in [-0.15, -0.1) is 0 Å². The first-order chi connectivity index (χ1) is 11.2. The van der Waals surface area contributed by atoms with Crippen LogP contribution in [0.15, 0.2) is 12.1 Å². The summed E-state index contributed by atoms with van der Waals surface area (Å²) in [5.74, 6) is 1.16. The maximum atomic E-state index is 14.6. The lowest BCUT2D eigenvalue weighted by molar-refractivity contribution is -0.117. The minimum atomic E-state index is -0.229. The van der Waals surface area contributed by atoms with Gasteiger partial charge in [0.05, 0.1) is 5.69 Å². The summed E-state index contributed by atoms with van der Waals surface area (Å²) in [6.07, 6.45) is 8.19. The van der Waals surface area contributed by atoms with Gasteiger partial charge in [-0.05, 0) is 48.4 Å². The van der Waals surface area contributed by atoms with Gasteiger partial charge in [0, 0.05) is 12.5 Å². The lowest BCUT2D eigenvalue weighted by Crippen LogP contribution is -2.25. The highest BCUT2D eigenvalue weighted by Gasteiger charge is 2.47. The zero-order chi connectivity index (χ0) is 15.8. The van der Waals surface area contributed by atoms with E-state index < -0.39 is 0 Å². The maximum Gasteiger partial charge on any atom is 0.227 e. The summed E-state index contributed by atoms with van der Waals surface area (Å²) >= 11 is 0. The van der Waals surface area contributed by atoms with Gasteiger partial charge in [-0.3, -0.25) is 4.79 Å². The van der Waals surface area contributed by atoms with Gasteiger partial charge >= 0.3 is 0 Å². The number of hydrogen-bond acceptors (Lipinski definition) is 2. The van der Waals surface area contributed by atoms with Crippen LogP contribution in [0.1, 0.15) is 49.7 Å². The van der Waals surface area contributed by atoms with Crippen LogP contribution < -0.4 is 10.6 Å². The third kappa shape index (κ3) is 3.01. The van der Waals surface area contributed by atoms with E-state index in [1.54, 1.807) is 6.07 Å². The van der Waals surface area contributed by atoms with E-state index in [9.17, 15) is 9.18 Å². The molecule has 1 amide bonds. The van der Waals surface area contributed by atoms with Crippen molar-refractivity contribution < 1.29 is 9.18 Å². The quantitative estimate of drug-likeness (QED) is 0.894. The monoisotopic (exact) mass is 316 g/mol. The van der Waals surface area contributed by atoms with Crippen LogP contribution in [0, 0.1) is 23.6 Å². The predicted molar refractivity (Wildman–Crippen MR) is 88.6 cm³/mol. The SMILES string of the molecule is O=C(Nc1ccc2c(c1F)CCNC2)C1CC1C1CCCCC1. The Balaban J connectivity index is 1.41. The normalized spacial score (nSPS) is 27.3. The van der Waals surface area contributed by atoms with Gasteiger partial charge in [0.2, 0.25) is 5.91 Å². The molecule has 0 radical (unpaired) electrons. The number of carbonyl (C=O) groups excluding carboxylic acids is 1. The number of amides is 1. The van der Waals surface area contributed by atoms with Gasteiger partial charge in [-0.25, -0.2) is 4.39 Å². The molecule has 4 heteroatoms. The highest BCUT2D eigenvalue weighted by atomic mass is 19.1. The van der Waals surface area contributed by atoms with Crippen LogP contribution in [-0.2, 0) is 17.8 Å². The first-order valence-corrected chi connectivity index (χ1v) is 9.06. The Labute approximate surface area is 137 Å². The largest absolute Gasteiger partial charge is 0.323 e. The van der Waals surface area contributed by atoms with Crippen LogP contribution in [0.5, 0.6) is 0 Å². The van der Waals surface area contributed by atoms with E-state index in [2.05, 4.69) is 10.6 Å². The average Bonchev–Trinajstić information content (AvgIpc) is 3.39. The number of carbonyl (C=O) groups is 1. The molecule has 2 saturated carbocycles. The molecule has 1 heterocycles. The van der Waals surface area contributed by atoms with Gasteiger partial charge < -0.3 is 10.6 Å². The molecule has 2 unspecified atom stereocenters. The van der Waals surface area contributed by atoms with E-state index in [4.69, 9.17) is 0 Å². The van der Waals surface area contributed by atoms with Crippen LogP contribution in [-0.4, -0.2) is 12.5 Å². The molecule has 2 fully saturated rings. The Morgan fingerprint density at radius 3 is 2.87 bits per heavy atom. The number of anilines is 1. The van der Waals surface area contributed by atoms with E-state index in [0.29, 0.717) is 24.6 Å². The van der Waals surface area contributed by atoms with Crippen molar-refractivity contribution in [3.8, 4) is 0 Å². The summed E-state index contributed by atoms with van der Waals surface area (Å²) in [5, 5.41) is 6.10. The first-order valence-electron chi connectivity index (χ1n) is 9.06. The molecule has 2 aliphatic carbocycles. The molecule has 1 aliphatic heterocycles. The molecular weight excluding hydrogens is 291 g/mol. The number of nitrogens with one attached hydrogen (secondary N) is 2. The van der Waals surface area contributed by atoms with Crippen LogP contribution in [0.4, 0.5) is 10.1 Å². The summed E-state index contributed by atoms with van der Waals surface area (Å²) in [6.45, 7) is 1.51.